The number of amides is 1. The van der Waals surface area contributed by atoms with E-state index in [4.69, 9.17) is 23.2 Å². The van der Waals surface area contributed by atoms with Crippen LogP contribution in [0.25, 0.3) is 0 Å². The Hall–Kier alpha value is -1.81. The van der Waals surface area contributed by atoms with Gasteiger partial charge < -0.3 is 10.0 Å². The Morgan fingerprint density at radius 3 is 2.38 bits per heavy atom. The summed E-state index contributed by atoms with van der Waals surface area (Å²) in [6, 6.07) is 15.0. The highest BCUT2D eigenvalue weighted by Gasteiger charge is 2.52. The second-order valence-corrected chi connectivity index (χ2v) is 10.6. The molecule has 0 radical (unpaired) electrons. The molecule has 1 aliphatic rings. The van der Waals surface area contributed by atoms with Crippen LogP contribution in [0.1, 0.15) is 70.0 Å². The third-order valence-corrected chi connectivity index (χ3v) is 7.21. The molecular weight excluding hydrogens is 441 g/mol. The Labute approximate surface area is 202 Å². The third kappa shape index (κ3) is 4.90. The molecule has 2 aromatic rings. The van der Waals surface area contributed by atoms with E-state index in [1.54, 1.807) is 13.8 Å². The Bertz CT molecular complexity index is 966. The topological polar surface area (TPSA) is 40.5 Å². The zero-order chi connectivity index (χ0) is 23.7. The predicted molar refractivity (Wildman–Crippen MR) is 133 cm³/mol. The summed E-state index contributed by atoms with van der Waals surface area (Å²) in [5, 5.41) is 12.4. The van der Waals surface area contributed by atoms with Crippen molar-refractivity contribution in [3.8, 4) is 0 Å². The number of benzene rings is 2. The first-order chi connectivity index (χ1) is 15.0. The molecule has 32 heavy (non-hydrogen) atoms. The Balaban J connectivity index is 2.27. The van der Waals surface area contributed by atoms with E-state index >= 15 is 0 Å². The van der Waals surface area contributed by atoms with Gasteiger partial charge in [0, 0.05) is 16.0 Å². The molecule has 3 nitrogen and oxygen atoms in total. The summed E-state index contributed by atoms with van der Waals surface area (Å²) >= 11 is 12.6. The van der Waals surface area contributed by atoms with Crippen LogP contribution in [0.15, 0.2) is 61.2 Å². The van der Waals surface area contributed by atoms with Gasteiger partial charge >= 0.3 is 0 Å². The second kappa shape index (κ2) is 9.59. The number of hydrogen-bond acceptors (Lipinski definition) is 2. The highest BCUT2D eigenvalue weighted by atomic mass is 35.5. The molecular formula is C27H33Cl2NO2. The molecule has 5 heteroatoms. The van der Waals surface area contributed by atoms with Gasteiger partial charge in [0.2, 0.25) is 5.91 Å². The monoisotopic (exact) mass is 473 g/mol. The summed E-state index contributed by atoms with van der Waals surface area (Å²) in [6.45, 7) is 11.5. The minimum absolute atomic E-state index is 0.00562. The maximum Gasteiger partial charge on any atom is 0.229 e. The first-order valence-corrected chi connectivity index (χ1v) is 11.9. The summed E-state index contributed by atoms with van der Waals surface area (Å²) in [7, 11) is 0. The van der Waals surface area contributed by atoms with Crippen molar-refractivity contribution in [1.29, 1.82) is 0 Å². The average Bonchev–Trinajstić information content (AvgIpc) is 2.71. The second-order valence-electron chi connectivity index (χ2n) is 9.71. The van der Waals surface area contributed by atoms with Gasteiger partial charge in [-0.15, -0.1) is 6.58 Å². The first-order valence-electron chi connectivity index (χ1n) is 11.2. The van der Waals surface area contributed by atoms with E-state index in [2.05, 4.69) is 12.6 Å². The van der Waals surface area contributed by atoms with E-state index < -0.39 is 11.0 Å². The van der Waals surface area contributed by atoms with Crippen LogP contribution in [0.3, 0.4) is 0 Å². The molecule has 0 spiro atoms. The minimum atomic E-state index is -1.07. The van der Waals surface area contributed by atoms with Crippen LogP contribution in [0.5, 0.6) is 0 Å². The van der Waals surface area contributed by atoms with Crippen LogP contribution < -0.4 is 0 Å². The number of hydrogen-bond donors (Lipinski definition) is 1. The van der Waals surface area contributed by atoms with Crippen LogP contribution in [-0.4, -0.2) is 27.6 Å². The minimum Gasteiger partial charge on any atom is -0.388 e. The summed E-state index contributed by atoms with van der Waals surface area (Å²) in [5.74, 6) is 0.0403. The molecule has 0 aliphatic carbocycles. The molecule has 1 saturated heterocycles. The number of carbonyl (C=O) groups excluding carboxylic acids is 1. The van der Waals surface area contributed by atoms with Crippen molar-refractivity contribution in [2.45, 2.75) is 70.6 Å². The number of allylic oxidation sites excluding steroid dienone is 1. The Morgan fingerprint density at radius 2 is 1.84 bits per heavy atom. The van der Waals surface area contributed by atoms with Gasteiger partial charge in [-0.3, -0.25) is 4.79 Å². The van der Waals surface area contributed by atoms with E-state index in [1.807, 2.05) is 67.3 Å². The lowest BCUT2D eigenvalue weighted by Gasteiger charge is -2.54. The number of halogens is 2. The molecule has 2 aromatic carbocycles. The van der Waals surface area contributed by atoms with Gasteiger partial charge in [-0.1, -0.05) is 67.4 Å². The maximum atomic E-state index is 14.1. The molecule has 0 bridgehead atoms. The first kappa shape index (κ1) is 24.8. The van der Waals surface area contributed by atoms with Gasteiger partial charge in [-0.25, -0.2) is 0 Å². The fraction of sp³-hybridized carbons (Fsp3) is 0.444. The normalized spacial score (nSPS) is 25.0. The number of rotatable bonds is 7. The van der Waals surface area contributed by atoms with Crippen LogP contribution >= 0.6 is 23.2 Å². The number of nitrogens with zero attached hydrogens (tertiary/aromatic N) is 1. The van der Waals surface area contributed by atoms with Crippen molar-refractivity contribution in [3.63, 3.8) is 0 Å². The van der Waals surface area contributed by atoms with E-state index in [0.29, 0.717) is 29.3 Å². The highest BCUT2D eigenvalue weighted by Crippen LogP contribution is 2.53. The largest absolute Gasteiger partial charge is 0.388 e. The molecule has 1 fully saturated rings. The predicted octanol–water partition coefficient (Wildman–Crippen LogP) is 7.18. The Kier molecular flexibility index (Phi) is 7.44. The summed E-state index contributed by atoms with van der Waals surface area (Å²) < 4.78 is 0. The lowest BCUT2D eigenvalue weighted by molar-refractivity contribution is -0.162. The fourth-order valence-electron chi connectivity index (χ4n) is 5.27. The number of aliphatic hydroxyl groups is 1. The van der Waals surface area contributed by atoms with Crippen molar-refractivity contribution < 1.29 is 9.90 Å². The SMILES string of the molecule is C=CC[C@@]1(C)C[C@H](c2cccc(Cl)c2)[C@@H](c2ccc(Cl)cc2)N(C(CC)C(C)(C)O)C1=O. The van der Waals surface area contributed by atoms with Gasteiger partial charge in [0.1, 0.15) is 0 Å². The number of carbonyl (C=O) groups is 1. The Morgan fingerprint density at radius 1 is 1.19 bits per heavy atom. The van der Waals surface area contributed by atoms with Crippen molar-refractivity contribution in [3.05, 3.63) is 82.4 Å². The summed E-state index contributed by atoms with van der Waals surface area (Å²) in [5.41, 5.74) is 0.378. The quantitative estimate of drug-likeness (QED) is 0.432. The van der Waals surface area contributed by atoms with Gasteiger partial charge in [-0.2, -0.15) is 0 Å². The zero-order valence-electron chi connectivity index (χ0n) is 19.3. The van der Waals surface area contributed by atoms with Crippen LogP contribution in [0.2, 0.25) is 10.0 Å². The maximum absolute atomic E-state index is 14.1. The molecule has 3 rings (SSSR count). The van der Waals surface area contributed by atoms with E-state index in [0.717, 1.165) is 11.1 Å². The van der Waals surface area contributed by atoms with E-state index in [1.165, 1.54) is 0 Å². The van der Waals surface area contributed by atoms with Crippen molar-refractivity contribution in [1.82, 2.24) is 4.90 Å². The molecule has 4 atom stereocenters. The van der Waals surface area contributed by atoms with Gasteiger partial charge in [0.05, 0.1) is 23.1 Å². The van der Waals surface area contributed by atoms with Crippen molar-refractivity contribution in [2.24, 2.45) is 5.41 Å². The average molecular weight is 474 g/mol. The molecule has 172 valence electrons. The molecule has 0 saturated carbocycles. The van der Waals surface area contributed by atoms with Crippen molar-refractivity contribution >= 4 is 29.1 Å². The standard InChI is InChI=1S/C27H33Cl2NO2/c1-6-15-27(5)17-22(19-9-8-10-21(29)16-19)24(18-11-13-20(28)14-12-18)30(25(27)31)23(7-2)26(3,4)32/h6,8-14,16,22-24,32H,1,7,15,17H2,2-5H3/t22-,23?,24-,27+/m1/s1. The highest BCUT2D eigenvalue weighted by molar-refractivity contribution is 6.30. The van der Waals surface area contributed by atoms with Crippen LogP contribution in [0.4, 0.5) is 0 Å². The zero-order valence-corrected chi connectivity index (χ0v) is 20.8. The van der Waals surface area contributed by atoms with Gasteiger partial charge in [0.25, 0.3) is 0 Å². The van der Waals surface area contributed by atoms with E-state index in [9.17, 15) is 9.90 Å². The van der Waals surface area contributed by atoms with E-state index in [-0.39, 0.29) is 23.9 Å². The molecule has 1 aliphatic heterocycles. The van der Waals surface area contributed by atoms with Gasteiger partial charge in [0.15, 0.2) is 0 Å². The smallest absolute Gasteiger partial charge is 0.229 e. The summed E-state index contributed by atoms with van der Waals surface area (Å²) in [6.07, 6.45) is 3.67. The van der Waals surface area contributed by atoms with Crippen LogP contribution in [-0.2, 0) is 4.79 Å². The molecule has 0 aromatic heterocycles. The summed E-state index contributed by atoms with van der Waals surface area (Å²) in [4.78, 5) is 16.0. The lowest BCUT2D eigenvalue weighted by atomic mass is 9.66. The lowest BCUT2D eigenvalue weighted by Crippen LogP contribution is -2.60. The number of piperidine rings is 1. The molecule has 1 amide bonds. The van der Waals surface area contributed by atoms with Crippen LogP contribution in [0, 0.1) is 5.41 Å². The van der Waals surface area contributed by atoms with Gasteiger partial charge in [-0.05, 0) is 68.5 Å². The molecule has 1 heterocycles. The fourth-order valence-corrected chi connectivity index (χ4v) is 5.59. The molecule has 1 N–H and O–H groups in total. The van der Waals surface area contributed by atoms with Crippen molar-refractivity contribution in [2.75, 3.05) is 0 Å². The number of likely N-dealkylation sites (tertiary alicyclic amines) is 1. The molecule has 1 unspecified atom stereocenters. The third-order valence-electron chi connectivity index (χ3n) is 6.72.